The number of amides is 1. The van der Waals surface area contributed by atoms with Crippen LogP contribution in [0.3, 0.4) is 0 Å². The number of carbonyl (C=O) groups is 1. The van der Waals surface area contributed by atoms with Gasteiger partial charge in [0.05, 0.1) is 36.3 Å². The molecule has 2 aromatic carbocycles. The molecule has 0 heterocycles. The molecule has 0 aromatic heterocycles. The third-order valence-corrected chi connectivity index (χ3v) is 4.42. The Morgan fingerprint density at radius 3 is 2.53 bits per heavy atom. The number of aliphatic hydroxyl groups excluding tert-OH is 1. The summed E-state index contributed by atoms with van der Waals surface area (Å²) in [6.07, 6.45) is -1.75. The molecule has 164 valence electrons. The summed E-state index contributed by atoms with van der Waals surface area (Å²) in [6, 6.07) is 5.04. The van der Waals surface area contributed by atoms with Gasteiger partial charge < -0.3 is 20.9 Å². The summed E-state index contributed by atoms with van der Waals surface area (Å²) in [4.78, 5) is 17.3. The standard InChI is InChI=1S/C19H21F3IN3O4/c1-9(2)30-18(24)11-8-12(19(28)26-29-6-5-27)17(16(22)15(11)21)25-14-4-3-10(23)7-13(14)20/h3-4,7-9,18,25,27H,5-6,24H2,1-2H3,(H,26,28). The molecular formula is C19H21F3IN3O4. The number of hydrogen-bond acceptors (Lipinski definition) is 6. The van der Waals surface area contributed by atoms with Gasteiger partial charge in [0, 0.05) is 9.13 Å². The molecule has 0 spiro atoms. The average Bonchev–Trinajstić information content (AvgIpc) is 2.66. The van der Waals surface area contributed by atoms with Crippen molar-refractivity contribution in [3.05, 3.63) is 56.4 Å². The third-order valence-electron chi connectivity index (χ3n) is 3.75. The van der Waals surface area contributed by atoms with E-state index < -0.39 is 52.5 Å². The first-order chi connectivity index (χ1) is 14.1. The van der Waals surface area contributed by atoms with Crippen LogP contribution in [0, 0.1) is 21.0 Å². The Morgan fingerprint density at radius 2 is 1.93 bits per heavy atom. The van der Waals surface area contributed by atoms with E-state index in [-0.39, 0.29) is 18.9 Å². The van der Waals surface area contributed by atoms with Gasteiger partial charge in [0.1, 0.15) is 12.0 Å². The molecule has 0 aliphatic heterocycles. The van der Waals surface area contributed by atoms with Crippen LogP contribution in [0.2, 0.25) is 0 Å². The van der Waals surface area contributed by atoms with Crippen LogP contribution in [0.15, 0.2) is 24.3 Å². The number of ether oxygens (including phenoxy) is 1. The number of aliphatic hydroxyl groups is 1. The summed E-state index contributed by atoms with van der Waals surface area (Å²) in [5.41, 5.74) is 6.21. The van der Waals surface area contributed by atoms with Crippen LogP contribution in [0.1, 0.15) is 36.0 Å². The molecule has 7 nitrogen and oxygen atoms in total. The molecule has 0 aliphatic rings. The van der Waals surface area contributed by atoms with Crippen LogP contribution in [0.5, 0.6) is 0 Å². The maximum atomic E-state index is 14.9. The molecule has 30 heavy (non-hydrogen) atoms. The van der Waals surface area contributed by atoms with E-state index in [0.29, 0.717) is 3.57 Å². The second-order valence-corrected chi connectivity index (χ2v) is 7.62. The van der Waals surface area contributed by atoms with Crippen molar-refractivity contribution in [1.29, 1.82) is 0 Å². The smallest absolute Gasteiger partial charge is 0.277 e. The van der Waals surface area contributed by atoms with E-state index in [2.05, 4.69) is 5.32 Å². The van der Waals surface area contributed by atoms with E-state index >= 15 is 0 Å². The summed E-state index contributed by atoms with van der Waals surface area (Å²) >= 11 is 1.89. The van der Waals surface area contributed by atoms with Crippen molar-refractivity contribution in [1.82, 2.24) is 5.48 Å². The lowest BCUT2D eigenvalue weighted by Crippen LogP contribution is -2.28. The number of nitrogens with one attached hydrogen (secondary N) is 2. The predicted molar refractivity (Wildman–Crippen MR) is 112 cm³/mol. The van der Waals surface area contributed by atoms with Crippen LogP contribution in [0.25, 0.3) is 0 Å². The van der Waals surface area contributed by atoms with Crippen molar-refractivity contribution in [2.24, 2.45) is 5.73 Å². The van der Waals surface area contributed by atoms with E-state index in [1.54, 1.807) is 19.9 Å². The number of anilines is 2. The highest BCUT2D eigenvalue weighted by atomic mass is 127. The number of benzene rings is 2. The van der Waals surface area contributed by atoms with Gasteiger partial charge >= 0.3 is 0 Å². The van der Waals surface area contributed by atoms with Gasteiger partial charge in [-0.3, -0.25) is 9.63 Å². The lowest BCUT2D eigenvalue weighted by Gasteiger charge is -2.21. The Kier molecular flexibility index (Phi) is 8.85. The van der Waals surface area contributed by atoms with Crippen molar-refractivity contribution in [3.8, 4) is 0 Å². The fourth-order valence-corrected chi connectivity index (χ4v) is 2.92. The Bertz CT molecular complexity index is 915. The Hall–Kier alpha value is -1.93. The fourth-order valence-electron chi connectivity index (χ4n) is 2.46. The van der Waals surface area contributed by atoms with Gasteiger partial charge in [-0.05, 0) is 60.7 Å². The van der Waals surface area contributed by atoms with Gasteiger partial charge in [-0.2, -0.15) is 0 Å². The van der Waals surface area contributed by atoms with Gasteiger partial charge in [0.25, 0.3) is 5.91 Å². The summed E-state index contributed by atoms with van der Waals surface area (Å²) in [5, 5.41) is 11.2. The zero-order chi connectivity index (χ0) is 22.4. The van der Waals surface area contributed by atoms with Crippen molar-refractivity contribution in [2.45, 2.75) is 26.2 Å². The number of nitrogens with two attached hydrogens (primary N) is 1. The molecule has 0 saturated heterocycles. The van der Waals surface area contributed by atoms with E-state index in [1.807, 2.05) is 28.1 Å². The SMILES string of the molecule is CC(C)OC(N)c1cc(C(=O)NOCCO)c(Nc2ccc(I)cc2F)c(F)c1F. The molecule has 0 aliphatic carbocycles. The van der Waals surface area contributed by atoms with Crippen molar-refractivity contribution < 1.29 is 32.6 Å². The Balaban J connectivity index is 2.54. The van der Waals surface area contributed by atoms with E-state index in [9.17, 15) is 18.0 Å². The van der Waals surface area contributed by atoms with Crippen LogP contribution in [-0.4, -0.2) is 30.3 Å². The number of hydrogen-bond donors (Lipinski definition) is 4. The molecule has 0 radical (unpaired) electrons. The molecule has 2 rings (SSSR count). The number of carbonyl (C=O) groups excluding carboxylic acids is 1. The number of halogens is 4. The molecule has 0 bridgehead atoms. The molecule has 11 heteroatoms. The van der Waals surface area contributed by atoms with E-state index in [4.69, 9.17) is 20.4 Å². The van der Waals surface area contributed by atoms with Crippen LogP contribution in [0.4, 0.5) is 24.5 Å². The lowest BCUT2D eigenvalue weighted by atomic mass is 10.0. The summed E-state index contributed by atoms with van der Waals surface area (Å²) < 4.78 is 49.7. The predicted octanol–water partition coefficient (Wildman–Crippen LogP) is 3.49. The van der Waals surface area contributed by atoms with Gasteiger partial charge in [-0.25, -0.2) is 18.7 Å². The number of hydroxylamine groups is 1. The highest BCUT2D eigenvalue weighted by Crippen LogP contribution is 2.32. The molecule has 1 unspecified atom stereocenters. The van der Waals surface area contributed by atoms with Gasteiger partial charge in [0.2, 0.25) is 0 Å². The van der Waals surface area contributed by atoms with Crippen molar-refractivity contribution in [2.75, 3.05) is 18.5 Å². The minimum absolute atomic E-state index is 0.172. The molecule has 1 amide bonds. The van der Waals surface area contributed by atoms with E-state index in [1.165, 1.54) is 12.1 Å². The van der Waals surface area contributed by atoms with Crippen LogP contribution in [-0.2, 0) is 9.57 Å². The molecule has 0 fully saturated rings. The highest BCUT2D eigenvalue weighted by molar-refractivity contribution is 14.1. The molecule has 5 N–H and O–H groups in total. The first-order valence-electron chi connectivity index (χ1n) is 8.83. The maximum Gasteiger partial charge on any atom is 0.277 e. The van der Waals surface area contributed by atoms with E-state index in [0.717, 1.165) is 6.07 Å². The van der Waals surface area contributed by atoms with Crippen molar-refractivity contribution in [3.63, 3.8) is 0 Å². The minimum Gasteiger partial charge on any atom is -0.394 e. The summed E-state index contributed by atoms with van der Waals surface area (Å²) in [6.45, 7) is 2.70. The number of rotatable bonds is 9. The molecule has 1 atom stereocenters. The van der Waals surface area contributed by atoms with Crippen molar-refractivity contribution >= 4 is 39.9 Å². The zero-order valence-electron chi connectivity index (χ0n) is 16.1. The zero-order valence-corrected chi connectivity index (χ0v) is 18.3. The minimum atomic E-state index is -1.44. The average molecular weight is 539 g/mol. The lowest BCUT2D eigenvalue weighted by molar-refractivity contribution is 0.00801. The second-order valence-electron chi connectivity index (χ2n) is 6.37. The van der Waals surface area contributed by atoms with Gasteiger partial charge in [0.15, 0.2) is 11.6 Å². The highest BCUT2D eigenvalue weighted by Gasteiger charge is 2.27. The second kappa shape index (κ2) is 10.9. The summed E-state index contributed by atoms with van der Waals surface area (Å²) in [5.74, 6) is -4.48. The normalized spacial score (nSPS) is 12.2. The molecule has 2 aromatic rings. The first-order valence-corrected chi connectivity index (χ1v) is 9.91. The van der Waals surface area contributed by atoms with Gasteiger partial charge in [-0.15, -0.1) is 0 Å². The quantitative estimate of drug-likeness (QED) is 0.168. The Morgan fingerprint density at radius 1 is 1.23 bits per heavy atom. The van der Waals surface area contributed by atoms with Crippen LogP contribution >= 0.6 is 22.6 Å². The molecular weight excluding hydrogens is 518 g/mol. The fraction of sp³-hybridized carbons (Fsp3) is 0.316. The maximum absolute atomic E-state index is 14.9. The molecule has 0 saturated carbocycles. The monoisotopic (exact) mass is 539 g/mol. The summed E-state index contributed by atoms with van der Waals surface area (Å²) in [7, 11) is 0. The van der Waals surface area contributed by atoms with Crippen LogP contribution < -0.4 is 16.5 Å². The first kappa shape index (κ1) is 24.3. The third kappa shape index (κ3) is 6.04. The van der Waals surface area contributed by atoms with Gasteiger partial charge in [-0.1, -0.05) is 0 Å². The largest absolute Gasteiger partial charge is 0.394 e. The topological polar surface area (TPSA) is 106 Å². The Labute approximate surface area is 184 Å².